The molecule has 1 aromatic carbocycles. The van der Waals surface area contributed by atoms with Crippen molar-refractivity contribution in [2.24, 2.45) is 0 Å². The van der Waals surface area contributed by atoms with Crippen LogP contribution in [-0.2, 0) is 22.5 Å². The number of hydrogen-bond donors (Lipinski definition) is 0. The van der Waals surface area contributed by atoms with Crippen LogP contribution in [0.1, 0.15) is 29.4 Å². The Kier molecular flexibility index (Phi) is 4.56. The zero-order valence-electron chi connectivity index (χ0n) is 12.2. The Hall–Kier alpha value is -2.10. The van der Waals surface area contributed by atoms with Gasteiger partial charge in [-0.2, -0.15) is 5.10 Å². The summed E-state index contributed by atoms with van der Waals surface area (Å²) in [7, 11) is 0. The lowest BCUT2D eigenvalue weighted by atomic mass is 10.1. The highest BCUT2D eigenvalue weighted by Crippen LogP contribution is 2.16. The topological polar surface area (TPSA) is 44.1 Å². The predicted octanol–water partition coefficient (Wildman–Crippen LogP) is 2.65. The summed E-state index contributed by atoms with van der Waals surface area (Å²) < 4.78 is 6.95. The molecule has 0 aliphatic rings. The first-order chi connectivity index (χ1) is 9.61. The Labute approximate surface area is 119 Å². The van der Waals surface area contributed by atoms with Crippen LogP contribution < -0.4 is 0 Å². The Balaban J connectivity index is 2.18. The van der Waals surface area contributed by atoms with Crippen molar-refractivity contribution in [2.45, 2.75) is 33.7 Å². The minimum absolute atomic E-state index is 0.196. The maximum absolute atomic E-state index is 11.6. The van der Waals surface area contributed by atoms with Gasteiger partial charge in [0.25, 0.3) is 0 Å². The van der Waals surface area contributed by atoms with E-state index in [1.54, 1.807) is 0 Å². The number of aryl methyl sites for hydroxylation is 1. The predicted molar refractivity (Wildman–Crippen MR) is 77.6 cm³/mol. The summed E-state index contributed by atoms with van der Waals surface area (Å²) >= 11 is 0. The smallest absolute Gasteiger partial charge is 0.310 e. The minimum Gasteiger partial charge on any atom is -0.466 e. The van der Waals surface area contributed by atoms with Gasteiger partial charge >= 0.3 is 5.97 Å². The maximum atomic E-state index is 11.6. The summed E-state index contributed by atoms with van der Waals surface area (Å²) in [5.74, 6) is -0.196. The highest BCUT2D eigenvalue weighted by atomic mass is 16.5. The SMILES string of the molecule is CCOC(=O)Cc1c(C)nn(Cc2ccccc2)c1C. The minimum atomic E-state index is -0.196. The molecule has 20 heavy (non-hydrogen) atoms. The van der Waals surface area contributed by atoms with Gasteiger partial charge in [0.05, 0.1) is 25.3 Å². The van der Waals surface area contributed by atoms with Crippen LogP contribution in [0.15, 0.2) is 30.3 Å². The molecule has 0 radical (unpaired) electrons. The second-order valence-electron chi connectivity index (χ2n) is 4.77. The van der Waals surface area contributed by atoms with Crippen LogP contribution in [0.25, 0.3) is 0 Å². The van der Waals surface area contributed by atoms with Gasteiger partial charge in [-0.3, -0.25) is 9.48 Å². The molecule has 4 nitrogen and oxygen atoms in total. The Morgan fingerprint density at radius 3 is 2.60 bits per heavy atom. The Bertz CT molecular complexity index is 588. The van der Waals surface area contributed by atoms with Crippen molar-refractivity contribution in [1.82, 2.24) is 9.78 Å². The molecule has 1 heterocycles. The molecule has 2 rings (SSSR count). The molecule has 0 atom stereocenters. The van der Waals surface area contributed by atoms with Gasteiger partial charge < -0.3 is 4.74 Å². The second-order valence-corrected chi connectivity index (χ2v) is 4.77. The number of carbonyl (C=O) groups excluding carboxylic acids is 1. The zero-order chi connectivity index (χ0) is 14.5. The molecule has 0 N–H and O–H groups in total. The third kappa shape index (κ3) is 3.26. The molecule has 0 bridgehead atoms. The molecule has 0 saturated carbocycles. The molecule has 0 saturated heterocycles. The van der Waals surface area contributed by atoms with Crippen molar-refractivity contribution in [1.29, 1.82) is 0 Å². The largest absolute Gasteiger partial charge is 0.466 e. The Morgan fingerprint density at radius 1 is 1.25 bits per heavy atom. The van der Waals surface area contributed by atoms with E-state index in [9.17, 15) is 4.79 Å². The second kappa shape index (κ2) is 6.37. The number of ether oxygens (including phenoxy) is 1. The first kappa shape index (κ1) is 14.3. The average molecular weight is 272 g/mol. The van der Waals surface area contributed by atoms with Gasteiger partial charge in [0.15, 0.2) is 0 Å². The summed E-state index contributed by atoms with van der Waals surface area (Å²) in [6, 6.07) is 10.2. The quantitative estimate of drug-likeness (QED) is 0.786. The van der Waals surface area contributed by atoms with E-state index < -0.39 is 0 Å². The molecule has 0 spiro atoms. The molecule has 0 aliphatic heterocycles. The van der Waals surface area contributed by atoms with E-state index in [-0.39, 0.29) is 5.97 Å². The van der Waals surface area contributed by atoms with Crippen LogP contribution in [0.4, 0.5) is 0 Å². The summed E-state index contributed by atoms with van der Waals surface area (Å²) in [5, 5.41) is 4.53. The standard InChI is InChI=1S/C16H20N2O2/c1-4-20-16(19)10-15-12(2)17-18(13(15)3)11-14-8-6-5-7-9-14/h5-9H,4,10-11H2,1-3H3. The first-order valence-electron chi connectivity index (χ1n) is 6.84. The van der Waals surface area contributed by atoms with Gasteiger partial charge in [-0.1, -0.05) is 30.3 Å². The monoisotopic (exact) mass is 272 g/mol. The summed E-state index contributed by atoms with van der Waals surface area (Å²) in [6.07, 6.45) is 0.292. The molecule has 0 unspecified atom stereocenters. The van der Waals surface area contributed by atoms with Crippen molar-refractivity contribution in [2.75, 3.05) is 6.61 Å². The van der Waals surface area contributed by atoms with Crippen LogP contribution in [0.3, 0.4) is 0 Å². The Morgan fingerprint density at radius 2 is 1.95 bits per heavy atom. The first-order valence-corrected chi connectivity index (χ1v) is 6.84. The molecule has 1 aromatic heterocycles. The van der Waals surface area contributed by atoms with Gasteiger partial charge in [0, 0.05) is 11.3 Å². The van der Waals surface area contributed by atoms with Crippen LogP contribution in [0.2, 0.25) is 0 Å². The number of benzene rings is 1. The van der Waals surface area contributed by atoms with Crippen LogP contribution in [0, 0.1) is 13.8 Å². The molecular formula is C16H20N2O2. The number of nitrogens with zero attached hydrogens (tertiary/aromatic N) is 2. The molecule has 0 fully saturated rings. The fraction of sp³-hybridized carbons (Fsp3) is 0.375. The van der Waals surface area contributed by atoms with E-state index in [4.69, 9.17) is 4.74 Å². The van der Waals surface area contributed by atoms with Crippen molar-refractivity contribution >= 4 is 5.97 Å². The molecular weight excluding hydrogens is 252 g/mol. The van der Waals surface area contributed by atoms with E-state index in [1.165, 1.54) is 5.56 Å². The number of carbonyl (C=O) groups is 1. The average Bonchev–Trinajstić information content (AvgIpc) is 2.68. The van der Waals surface area contributed by atoms with Crippen molar-refractivity contribution < 1.29 is 9.53 Å². The van der Waals surface area contributed by atoms with E-state index in [1.807, 2.05) is 43.7 Å². The number of rotatable bonds is 5. The van der Waals surface area contributed by atoms with Crippen LogP contribution in [-0.4, -0.2) is 22.4 Å². The van der Waals surface area contributed by atoms with E-state index in [0.29, 0.717) is 13.0 Å². The molecule has 0 aliphatic carbocycles. The van der Waals surface area contributed by atoms with Gasteiger partial charge in [-0.25, -0.2) is 0 Å². The third-order valence-electron chi connectivity index (χ3n) is 3.33. The van der Waals surface area contributed by atoms with Gasteiger partial charge in [-0.05, 0) is 26.3 Å². The van der Waals surface area contributed by atoms with E-state index in [0.717, 1.165) is 23.5 Å². The fourth-order valence-corrected chi connectivity index (χ4v) is 2.26. The van der Waals surface area contributed by atoms with Gasteiger partial charge in [0.2, 0.25) is 0 Å². The lowest BCUT2D eigenvalue weighted by molar-refractivity contribution is -0.142. The fourth-order valence-electron chi connectivity index (χ4n) is 2.26. The lowest BCUT2D eigenvalue weighted by Crippen LogP contribution is -2.09. The van der Waals surface area contributed by atoms with Crippen LogP contribution >= 0.6 is 0 Å². The van der Waals surface area contributed by atoms with Crippen molar-refractivity contribution in [3.8, 4) is 0 Å². The summed E-state index contributed by atoms with van der Waals surface area (Å²) in [5.41, 5.74) is 4.09. The van der Waals surface area contributed by atoms with E-state index >= 15 is 0 Å². The number of hydrogen-bond acceptors (Lipinski definition) is 3. The highest BCUT2D eigenvalue weighted by molar-refractivity contribution is 5.73. The molecule has 2 aromatic rings. The van der Waals surface area contributed by atoms with E-state index in [2.05, 4.69) is 17.2 Å². The maximum Gasteiger partial charge on any atom is 0.310 e. The molecule has 106 valence electrons. The lowest BCUT2D eigenvalue weighted by Gasteiger charge is -2.06. The number of aromatic nitrogens is 2. The molecule has 0 amide bonds. The van der Waals surface area contributed by atoms with Crippen molar-refractivity contribution in [3.05, 3.63) is 52.8 Å². The molecule has 4 heteroatoms. The normalized spacial score (nSPS) is 10.6. The summed E-state index contributed by atoms with van der Waals surface area (Å²) in [4.78, 5) is 11.6. The summed E-state index contributed by atoms with van der Waals surface area (Å²) in [6.45, 7) is 6.88. The van der Waals surface area contributed by atoms with Crippen LogP contribution in [0.5, 0.6) is 0 Å². The van der Waals surface area contributed by atoms with Gasteiger partial charge in [-0.15, -0.1) is 0 Å². The highest BCUT2D eigenvalue weighted by Gasteiger charge is 2.15. The van der Waals surface area contributed by atoms with Gasteiger partial charge in [0.1, 0.15) is 0 Å². The zero-order valence-corrected chi connectivity index (χ0v) is 12.2. The van der Waals surface area contributed by atoms with Crippen molar-refractivity contribution in [3.63, 3.8) is 0 Å². The third-order valence-corrected chi connectivity index (χ3v) is 3.33. The number of esters is 1.